The first-order chi connectivity index (χ1) is 6.76. The molecule has 0 spiro atoms. The molecule has 0 radical (unpaired) electrons. The molecule has 0 aliphatic heterocycles. The van der Waals surface area contributed by atoms with Crippen LogP contribution in [0.15, 0.2) is 5.38 Å². The summed E-state index contributed by atoms with van der Waals surface area (Å²) in [4.78, 5) is 11.5. The van der Waals surface area contributed by atoms with Crippen LogP contribution in [0.2, 0.25) is 0 Å². The average Bonchev–Trinajstić information content (AvgIpc) is 2.78. The van der Waals surface area contributed by atoms with Gasteiger partial charge in [-0.15, -0.1) is 5.10 Å². The van der Waals surface area contributed by atoms with E-state index in [-0.39, 0.29) is 5.91 Å². The van der Waals surface area contributed by atoms with Crippen LogP contribution in [-0.4, -0.2) is 27.4 Å². The largest absolute Gasteiger partial charge is 0.350 e. The van der Waals surface area contributed by atoms with Gasteiger partial charge in [0.2, 0.25) is 0 Å². The minimum atomic E-state index is -0.119. The Morgan fingerprint density at radius 3 is 3.00 bits per heavy atom. The second kappa shape index (κ2) is 3.94. The van der Waals surface area contributed by atoms with E-state index in [1.807, 2.05) is 0 Å². The van der Waals surface area contributed by atoms with E-state index in [4.69, 9.17) is 0 Å². The van der Waals surface area contributed by atoms with Gasteiger partial charge in [0.1, 0.15) is 0 Å². The van der Waals surface area contributed by atoms with Gasteiger partial charge in [0.25, 0.3) is 5.91 Å². The Morgan fingerprint density at radius 2 is 2.50 bits per heavy atom. The van der Waals surface area contributed by atoms with E-state index in [9.17, 15) is 4.79 Å². The highest BCUT2D eigenvalue weighted by atomic mass is 79.9. The second-order valence-corrected chi connectivity index (χ2v) is 4.78. The van der Waals surface area contributed by atoms with Crippen LogP contribution in [0.3, 0.4) is 0 Å². The number of hydrogen-bond donors (Lipinski definition) is 1. The van der Waals surface area contributed by atoms with Crippen molar-refractivity contribution in [1.82, 2.24) is 14.9 Å². The average molecular weight is 276 g/mol. The lowest BCUT2D eigenvalue weighted by Crippen LogP contribution is -2.31. The fourth-order valence-electron chi connectivity index (χ4n) is 1.16. The summed E-state index contributed by atoms with van der Waals surface area (Å²) in [6.45, 7) is 0.731. The van der Waals surface area contributed by atoms with Crippen LogP contribution in [0.4, 0.5) is 0 Å². The van der Waals surface area contributed by atoms with Crippen molar-refractivity contribution in [3.8, 4) is 0 Å². The van der Waals surface area contributed by atoms with Crippen LogP contribution in [0.5, 0.6) is 0 Å². The Labute approximate surface area is 94.4 Å². The molecule has 14 heavy (non-hydrogen) atoms. The zero-order valence-corrected chi connectivity index (χ0v) is 9.90. The highest BCUT2D eigenvalue weighted by Gasteiger charge is 2.41. The van der Waals surface area contributed by atoms with Gasteiger partial charge in [0.05, 0.1) is 0 Å². The predicted octanol–water partition coefficient (Wildman–Crippen LogP) is 1.44. The van der Waals surface area contributed by atoms with E-state index in [1.54, 1.807) is 5.38 Å². The summed E-state index contributed by atoms with van der Waals surface area (Å²) in [6, 6.07) is 0. The molecular weight excluding hydrogens is 266 g/mol. The molecule has 1 saturated carbocycles. The molecule has 1 aliphatic carbocycles. The van der Waals surface area contributed by atoms with Crippen molar-refractivity contribution in [2.24, 2.45) is 5.41 Å². The molecule has 0 aromatic carbocycles. The molecule has 0 saturated heterocycles. The summed E-state index contributed by atoms with van der Waals surface area (Å²) >= 11 is 4.65. The maximum Gasteiger partial charge on any atom is 0.272 e. The summed E-state index contributed by atoms with van der Waals surface area (Å²) in [5.41, 5.74) is 0.722. The number of amides is 1. The number of nitrogens with one attached hydrogen (secondary N) is 1. The monoisotopic (exact) mass is 275 g/mol. The van der Waals surface area contributed by atoms with E-state index < -0.39 is 0 Å². The highest BCUT2D eigenvalue weighted by Crippen LogP contribution is 2.46. The Bertz CT molecular complexity index is 323. The Balaban J connectivity index is 1.84. The standard InChI is InChI=1S/C8H10BrN3OS/c9-4-8(1-2-8)5-10-7(13)6-3-14-12-11-6/h3H,1-2,4-5H2,(H,10,13). The van der Waals surface area contributed by atoms with Crippen molar-refractivity contribution in [1.29, 1.82) is 0 Å². The topological polar surface area (TPSA) is 54.9 Å². The number of alkyl halides is 1. The van der Waals surface area contributed by atoms with Crippen molar-refractivity contribution in [2.75, 3.05) is 11.9 Å². The first kappa shape index (κ1) is 10.0. The normalized spacial score (nSPS) is 17.8. The lowest BCUT2D eigenvalue weighted by Gasteiger charge is -2.11. The number of nitrogens with zero attached hydrogens (tertiary/aromatic N) is 2. The van der Waals surface area contributed by atoms with Gasteiger partial charge < -0.3 is 5.32 Å². The first-order valence-corrected chi connectivity index (χ1v) is 6.33. The summed E-state index contributed by atoms with van der Waals surface area (Å²) in [5, 5.41) is 9.19. The molecule has 6 heteroatoms. The van der Waals surface area contributed by atoms with Gasteiger partial charge in [-0.2, -0.15) is 0 Å². The fraction of sp³-hybridized carbons (Fsp3) is 0.625. The molecule has 1 aromatic heterocycles. The van der Waals surface area contributed by atoms with Gasteiger partial charge in [-0.3, -0.25) is 4.79 Å². The molecule has 1 aromatic rings. The van der Waals surface area contributed by atoms with Crippen LogP contribution in [0.1, 0.15) is 23.3 Å². The molecule has 1 aliphatic rings. The van der Waals surface area contributed by atoms with Crippen LogP contribution < -0.4 is 5.32 Å². The molecule has 1 heterocycles. The maximum atomic E-state index is 11.5. The van der Waals surface area contributed by atoms with Gasteiger partial charge in [0, 0.05) is 17.3 Å². The van der Waals surface area contributed by atoms with Crippen molar-refractivity contribution in [3.05, 3.63) is 11.1 Å². The molecule has 0 unspecified atom stereocenters. The lowest BCUT2D eigenvalue weighted by atomic mass is 10.1. The van der Waals surface area contributed by atoms with Crippen molar-refractivity contribution < 1.29 is 4.79 Å². The maximum absolute atomic E-state index is 11.5. The molecule has 1 N–H and O–H groups in total. The lowest BCUT2D eigenvalue weighted by molar-refractivity contribution is 0.0941. The number of rotatable bonds is 4. The SMILES string of the molecule is O=C(NCC1(CBr)CC1)c1csnn1. The molecule has 0 bridgehead atoms. The molecule has 0 atom stereocenters. The third-order valence-electron chi connectivity index (χ3n) is 2.46. The van der Waals surface area contributed by atoms with Gasteiger partial charge in [-0.05, 0) is 29.8 Å². The Hall–Kier alpha value is -0.490. The van der Waals surface area contributed by atoms with Crippen molar-refractivity contribution in [3.63, 3.8) is 0 Å². The minimum absolute atomic E-state index is 0.119. The van der Waals surface area contributed by atoms with Crippen molar-refractivity contribution in [2.45, 2.75) is 12.8 Å². The summed E-state index contributed by atoms with van der Waals surface area (Å²) in [6.07, 6.45) is 2.38. The highest BCUT2D eigenvalue weighted by molar-refractivity contribution is 9.09. The van der Waals surface area contributed by atoms with Gasteiger partial charge in [-0.1, -0.05) is 20.4 Å². The zero-order chi connectivity index (χ0) is 10.0. The van der Waals surface area contributed by atoms with E-state index in [0.717, 1.165) is 11.9 Å². The quantitative estimate of drug-likeness (QED) is 0.847. The summed E-state index contributed by atoms with van der Waals surface area (Å²) < 4.78 is 3.65. The number of carbonyl (C=O) groups is 1. The van der Waals surface area contributed by atoms with E-state index in [2.05, 4.69) is 30.8 Å². The van der Waals surface area contributed by atoms with E-state index in [0.29, 0.717) is 11.1 Å². The Morgan fingerprint density at radius 1 is 1.71 bits per heavy atom. The van der Waals surface area contributed by atoms with Crippen molar-refractivity contribution >= 4 is 33.4 Å². The van der Waals surface area contributed by atoms with Gasteiger partial charge in [0.15, 0.2) is 5.69 Å². The second-order valence-electron chi connectivity index (χ2n) is 3.61. The minimum Gasteiger partial charge on any atom is -0.350 e. The number of aromatic nitrogens is 2. The molecule has 1 amide bonds. The number of carbonyl (C=O) groups excluding carboxylic acids is 1. The molecule has 4 nitrogen and oxygen atoms in total. The van der Waals surface area contributed by atoms with Gasteiger partial charge in [-0.25, -0.2) is 0 Å². The molecule has 76 valence electrons. The van der Waals surface area contributed by atoms with Crippen LogP contribution in [0, 0.1) is 5.41 Å². The molecular formula is C8H10BrN3OS. The number of halogens is 1. The van der Waals surface area contributed by atoms with Gasteiger partial charge >= 0.3 is 0 Å². The summed E-state index contributed by atoms with van der Waals surface area (Å²) in [7, 11) is 0. The van der Waals surface area contributed by atoms with Crippen LogP contribution in [-0.2, 0) is 0 Å². The smallest absolute Gasteiger partial charge is 0.272 e. The zero-order valence-electron chi connectivity index (χ0n) is 7.49. The predicted molar refractivity (Wildman–Crippen MR) is 57.7 cm³/mol. The molecule has 1 fully saturated rings. The third-order valence-corrected chi connectivity index (χ3v) is 4.15. The Kier molecular flexibility index (Phi) is 2.83. The molecule has 2 rings (SSSR count). The fourth-order valence-corrected chi connectivity index (χ4v) is 2.35. The summed E-state index contributed by atoms with van der Waals surface area (Å²) in [5.74, 6) is -0.119. The van der Waals surface area contributed by atoms with Crippen LogP contribution in [0.25, 0.3) is 0 Å². The third kappa shape index (κ3) is 2.12. The van der Waals surface area contributed by atoms with Crippen LogP contribution >= 0.6 is 27.5 Å². The van der Waals surface area contributed by atoms with E-state index in [1.165, 1.54) is 24.4 Å². The van der Waals surface area contributed by atoms with E-state index >= 15 is 0 Å². The first-order valence-electron chi connectivity index (χ1n) is 4.37. The number of hydrogen-bond acceptors (Lipinski definition) is 4.